The zero-order valence-electron chi connectivity index (χ0n) is 23.1. The summed E-state index contributed by atoms with van der Waals surface area (Å²) in [5.74, 6) is 0.708. The molecule has 36 heavy (non-hydrogen) atoms. The third-order valence-corrected chi connectivity index (χ3v) is 5.59. The molecule has 3 atom stereocenters. The van der Waals surface area contributed by atoms with Crippen LogP contribution >= 0.6 is 0 Å². The zero-order chi connectivity index (χ0) is 27.3. The van der Waals surface area contributed by atoms with E-state index >= 15 is 0 Å². The normalized spacial score (nSPS) is 14.1. The molecular weight excluding hydrogens is 466 g/mol. The second kappa shape index (κ2) is 15.6. The first-order valence-corrected chi connectivity index (χ1v) is 12.5. The maximum absolute atomic E-state index is 12.5. The van der Waals surface area contributed by atoms with Crippen molar-refractivity contribution in [2.75, 3.05) is 34.0 Å². The number of aliphatic hydroxyl groups excluding tert-OH is 1. The molecule has 206 valence electrons. The van der Waals surface area contributed by atoms with Gasteiger partial charge in [-0.2, -0.15) is 0 Å². The standard InChI is InChI=1S/C27H45NO8/c1-9-34-25(30)24(29)21(28-26(31)36-27(4,5)6)17-20(18(2)3)15-19-11-12-22(33-8)23(16-19)35-14-10-13-32-7/h11-12,16,18,20-21,24,29H,9-10,13-15,17H2,1-8H3,(H,28,31)/t20-,21?,24+/m0/s1. The largest absolute Gasteiger partial charge is 0.493 e. The number of aliphatic hydroxyl groups is 1. The van der Waals surface area contributed by atoms with Crippen molar-refractivity contribution in [1.82, 2.24) is 5.32 Å². The van der Waals surface area contributed by atoms with Gasteiger partial charge in [0.05, 0.1) is 26.4 Å². The fourth-order valence-corrected chi connectivity index (χ4v) is 3.68. The first-order valence-electron chi connectivity index (χ1n) is 12.5. The van der Waals surface area contributed by atoms with Crippen molar-refractivity contribution in [1.29, 1.82) is 0 Å². The van der Waals surface area contributed by atoms with E-state index in [4.69, 9.17) is 23.7 Å². The topological polar surface area (TPSA) is 113 Å². The maximum Gasteiger partial charge on any atom is 0.407 e. The molecule has 1 aromatic carbocycles. The second-order valence-corrected chi connectivity index (χ2v) is 10.1. The average molecular weight is 512 g/mol. The number of benzene rings is 1. The van der Waals surface area contributed by atoms with Crippen LogP contribution in [0.5, 0.6) is 11.5 Å². The Bertz CT molecular complexity index is 805. The number of rotatable bonds is 15. The van der Waals surface area contributed by atoms with Crippen LogP contribution in [-0.4, -0.2) is 69.0 Å². The number of carbonyl (C=O) groups is 2. The summed E-state index contributed by atoms with van der Waals surface area (Å²) in [4.78, 5) is 24.8. The minimum Gasteiger partial charge on any atom is -0.493 e. The van der Waals surface area contributed by atoms with E-state index in [1.54, 1.807) is 41.9 Å². The monoisotopic (exact) mass is 511 g/mol. The maximum atomic E-state index is 12.5. The number of ether oxygens (including phenoxy) is 5. The molecule has 1 aromatic rings. The molecule has 0 aliphatic carbocycles. The van der Waals surface area contributed by atoms with E-state index in [0.29, 0.717) is 37.6 Å². The molecule has 1 amide bonds. The van der Waals surface area contributed by atoms with Crippen molar-refractivity contribution in [3.8, 4) is 11.5 Å². The summed E-state index contributed by atoms with van der Waals surface area (Å²) in [6.07, 6.45) is -0.489. The van der Waals surface area contributed by atoms with Crippen LogP contribution in [0, 0.1) is 11.8 Å². The van der Waals surface area contributed by atoms with Gasteiger partial charge in [0.2, 0.25) is 0 Å². The summed E-state index contributed by atoms with van der Waals surface area (Å²) in [5.41, 5.74) is 0.293. The minimum atomic E-state index is -1.52. The van der Waals surface area contributed by atoms with E-state index in [9.17, 15) is 14.7 Å². The van der Waals surface area contributed by atoms with Crippen molar-refractivity contribution < 1.29 is 38.4 Å². The molecule has 0 bridgehead atoms. The van der Waals surface area contributed by atoms with E-state index in [-0.39, 0.29) is 18.4 Å². The molecule has 0 fully saturated rings. The SMILES string of the molecule is CCOC(=O)[C@H](O)C(C[C@H](Cc1ccc(OC)c(OCCCOC)c1)C(C)C)NC(=O)OC(C)(C)C. The first kappa shape index (κ1) is 31.5. The molecular formula is C27H45NO8. The Hall–Kier alpha value is -2.52. The van der Waals surface area contributed by atoms with Crippen LogP contribution in [-0.2, 0) is 25.4 Å². The Morgan fingerprint density at radius 1 is 1.08 bits per heavy atom. The van der Waals surface area contributed by atoms with E-state index in [2.05, 4.69) is 19.2 Å². The minimum absolute atomic E-state index is 0.0174. The molecule has 9 heteroatoms. The van der Waals surface area contributed by atoms with E-state index in [1.807, 2.05) is 18.2 Å². The molecule has 0 heterocycles. The quantitative estimate of drug-likeness (QED) is 0.267. The fourth-order valence-electron chi connectivity index (χ4n) is 3.68. The van der Waals surface area contributed by atoms with Gasteiger partial charge >= 0.3 is 12.1 Å². The highest BCUT2D eigenvalue weighted by Gasteiger charge is 2.33. The number of hydrogen-bond donors (Lipinski definition) is 2. The van der Waals surface area contributed by atoms with Crippen LogP contribution in [0.2, 0.25) is 0 Å². The number of nitrogens with one attached hydrogen (secondary N) is 1. The fraction of sp³-hybridized carbons (Fsp3) is 0.704. The molecule has 0 saturated heterocycles. The lowest BCUT2D eigenvalue weighted by molar-refractivity contribution is -0.154. The molecule has 0 radical (unpaired) electrons. The summed E-state index contributed by atoms with van der Waals surface area (Å²) in [5, 5.41) is 13.4. The van der Waals surface area contributed by atoms with Gasteiger partial charge in [-0.15, -0.1) is 0 Å². The Kier molecular flexibility index (Phi) is 13.6. The van der Waals surface area contributed by atoms with Crippen LogP contribution in [0.1, 0.15) is 59.9 Å². The van der Waals surface area contributed by atoms with Crippen molar-refractivity contribution in [3.05, 3.63) is 23.8 Å². The van der Waals surface area contributed by atoms with E-state index in [1.165, 1.54) is 0 Å². The van der Waals surface area contributed by atoms with Crippen LogP contribution in [0.4, 0.5) is 4.79 Å². The Labute approximate surface area is 215 Å². The average Bonchev–Trinajstić information content (AvgIpc) is 2.79. The molecule has 2 N–H and O–H groups in total. The van der Waals surface area contributed by atoms with Gasteiger partial charge in [-0.3, -0.25) is 0 Å². The predicted molar refractivity (Wildman–Crippen MR) is 137 cm³/mol. The molecule has 0 saturated carbocycles. The molecule has 1 rings (SSSR count). The lowest BCUT2D eigenvalue weighted by atomic mass is 9.83. The molecule has 0 aromatic heterocycles. The number of carbonyl (C=O) groups excluding carboxylic acids is 2. The number of alkyl carbamates (subject to hydrolysis) is 1. The van der Waals surface area contributed by atoms with Crippen LogP contribution < -0.4 is 14.8 Å². The lowest BCUT2D eigenvalue weighted by Crippen LogP contribution is -2.50. The summed E-state index contributed by atoms with van der Waals surface area (Å²) in [6.45, 7) is 12.3. The van der Waals surface area contributed by atoms with Gasteiger partial charge in [0.15, 0.2) is 17.6 Å². The summed E-state index contributed by atoms with van der Waals surface area (Å²) < 4.78 is 26.8. The van der Waals surface area contributed by atoms with Gasteiger partial charge in [0.25, 0.3) is 0 Å². The van der Waals surface area contributed by atoms with Crippen molar-refractivity contribution in [2.24, 2.45) is 11.8 Å². The summed E-state index contributed by atoms with van der Waals surface area (Å²) in [6, 6.07) is 4.89. The molecule has 9 nitrogen and oxygen atoms in total. The first-order chi connectivity index (χ1) is 16.9. The number of esters is 1. The van der Waals surface area contributed by atoms with Gasteiger partial charge in [0.1, 0.15) is 5.60 Å². The molecule has 0 aliphatic heterocycles. The number of hydrogen-bond acceptors (Lipinski definition) is 8. The highest BCUT2D eigenvalue weighted by atomic mass is 16.6. The van der Waals surface area contributed by atoms with Gasteiger partial charge in [-0.25, -0.2) is 9.59 Å². The molecule has 0 aliphatic rings. The lowest BCUT2D eigenvalue weighted by Gasteiger charge is -2.30. The van der Waals surface area contributed by atoms with Crippen molar-refractivity contribution in [2.45, 2.75) is 78.6 Å². The van der Waals surface area contributed by atoms with Crippen molar-refractivity contribution >= 4 is 12.1 Å². The zero-order valence-corrected chi connectivity index (χ0v) is 23.1. The third-order valence-electron chi connectivity index (χ3n) is 5.59. The van der Waals surface area contributed by atoms with Crippen molar-refractivity contribution in [3.63, 3.8) is 0 Å². The Balaban J connectivity index is 3.09. The second-order valence-electron chi connectivity index (χ2n) is 10.1. The summed E-state index contributed by atoms with van der Waals surface area (Å²) in [7, 11) is 3.24. The van der Waals surface area contributed by atoms with E-state index < -0.39 is 29.8 Å². The molecule has 1 unspecified atom stereocenters. The smallest absolute Gasteiger partial charge is 0.407 e. The highest BCUT2D eigenvalue weighted by molar-refractivity contribution is 5.77. The van der Waals surface area contributed by atoms with Gasteiger partial charge in [0, 0.05) is 20.1 Å². The van der Waals surface area contributed by atoms with Gasteiger partial charge < -0.3 is 34.1 Å². The molecule has 0 spiro atoms. The van der Waals surface area contributed by atoms with Crippen LogP contribution in [0.15, 0.2) is 18.2 Å². The number of methoxy groups -OCH3 is 2. The Morgan fingerprint density at radius 2 is 1.78 bits per heavy atom. The van der Waals surface area contributed by atoms with Crippen LogP contribution in [0.3, 0.4) is 0 Å². The van der Waals surface area contributed by atoms with E-state index in [0.717, 1.165) is 12.0 Å². The third kappa shape index (κ3) is 11.5. The van der Waals surface area contributed by atoms with Crippen LogP contribution in [0.25, 0.3) is 0 Å². The Morgan fingerprint density at radius 3 is 2.33 bits per heavy atom. The predicted octanol–water partition coefficient (Wildman–Crippen LogP) is 4.13. The van der Waals surface area contributed by atoms with Gasteiger partial charge in [-0.1, -0.05) is 19.9 Å². The summed E-state index contributed by atoms with van der Waals surface area (Å²) >= 11 is 0. The van der Waals surface area contributed by atoms with Gasteiger partial charge in [-0.05, 0) is 70.1 Å². The highest BCUT2D eigenvalue weighted by Crippen LogP contribution is 2.31. The number of amides is 1.